The van der Waals surface area contributed by atoms with Gasteiger partial charge in [-0.05, 0) is 111 Å². The highest BCUT2D eigenvalue weighted by atomic mass is 32.2. The number of benzene rings is 3. The lowest BCUT2D eigenvalue weighted by Crippen LogP contribution is -2.49. The predicted octanol–water partition coefficient (Wildman–Crippen LogP) is 5.79. The first-order valence-electron chi connectivity index (χ1n) is 13.1. The molecular weight excluding hydrogens is 561 g/mol. The van der Waals surface area contributed by atoms with Crippen molar-refractivity contribution in [2.75, 3.05) is 18.4 Å². The lowest BCUT2D eigenvalue weighted by Gasteiger charge is -2.36. The fourth-order valence-electron chi connectivity index (χ4n) is 5.75. The van der Waals surface area contributed by atoms with Crippen molar-refractivity contribution >= 4 is 21.4 Å². The van der Waals surface area contributed by atoms with Crippen LogP contribution in [0.25, 0.3) is 0 Å². The molecule has 1 unspecified atom stereocenters. The number of hydrogen-bond donors (Lipinski definition) is 3. The molecule has 3 aromatic carbocycles. The van der Waals surface area contributed by atoms with Crippen molar-refractivity contribution in [2.24, 2.45) is 5.41 Å². The molecule has 3 N–H and O–H groups in total. The summed E-state index contributed by atoms with van der Waals surface area (Å²) in [7, 11) is -4.21. The Labute approximate surface area is 235 Å². The molecule has 218 valence electrons. The van der Waals surface area contributed by atoms with Crippen molar-refractivity contribution < 1.29 is 41.0 Å². The number of carbonyl (C=O) groups excluding carboxylic acids is 1. The summed E-state index contributed by atoms with van der Waals surface area (Å²) < 4.78 is 73.4. The van der Waals surface area contributed by atoms with Crippen molar-refractivity contribution in [3.05, 3.63) is 72.8 Å². The number of phenolic OH excluding ortho intramolecular Hbond substituents is 1. The summed E-state index contributed by atoms with van der Waals surface area (Å²) in [6.07, 6.45) is -2.42. The molecule has 0 radical (unpaired) electrons. The molecule has 0 aromatic heterocycles. The van der Waals surface area contributed by atoms with Crippen molar-refractivity contribution in [1.29, 1.82) is 0 Å². The van der Waals surface area contributed by atoms with Gasteiger partial charge in [0.05, 0.1) is 10.6 Å². The van der Waals surface area contributed by atoms with E-state index in [0.717, 1.165) is 38.1 Å². The molecule has 1 atom stereocenters. The molecular formula is C29H29F3N2O6S. The van der Waals surface area contributed by atoms with Gasteiger partial charge in [-0.25, -0.2) is 8.42 Å². The second kappa shape index (κ2) is 10.9. The van der Waals surface area contributed by atoms with Gasteiger partial charge in [-0.15, -0.1) is 13.2 Å². The molecule has 1 saturated carbocycles. The SMILES string of the molecule is O=C(Nc1ccccc1O)C1(S(=O)(=O)c2ccc(Oc3ccc(OC(F)(F)F)cc3)cc2)CCC2(CCNCC2)C1. The van der Waals surface area contributed by atoms with Gasteiger partial charge in [0.15, 0.2) is 14.6 Å². The first-order valence-corrected chi connectivity index (χ1v) is 14.6. The summed E-state index contributed by atoms with van der Waals surface area (Å²) in [4.78, 5) is 13.8. The van der Waals surface area contributed by atoms with Gasteiger partial charge in [-0.2, -0.15) is 0 Å². The molecule has 1 spiro atoms. The normalized spacial score (nSPS) is 20.5. The number of anilines is 1. The lowest BCUT2D eigenvalue weighted by atomic mass is 9.77. The fraction of sp³-hybridized carbons (Fsp3) is 0.345. The third-order valence-electron chi connectivity index (χ3n) is 7.89. The molecule has 3 aromatic rings. The average molecular weight is 591 g/mol. The summed E-state index contributed by atoms with van der Waals surface area (Å²) in [5.41, 5.74) is -0.159. The van der Waals surface area contributed by atoms with Crippen LogP contribution in [0.5, 0.6) is 23.0 Å². The van der Waals surface area contributed by atoms with Crippen LogP contribution in [0.2, 0.25) is 0 Å². The Bertz CT molecular complexity index is 1500. The Morgan fingerprint density at radius 1 is 0.854 bits per heavy atom. The number of sulfone groups is 1. The zero-order valence-electron chi connectivity index (χ0n) is 21.9. The smallest absolute Gasteiger partial charge is 0.506 e. The van der Waals surface area contributed by atoms with Crippen LogP contribution in [0.3, 0.4) is 0 Å². The minimum Gasteiger partial charge on any atom is -0.506 e. The van der Waals surface area contributed by atoms with E-state index in [1.54, 1.807) is 12.1 Å². The molecule has 2 aliphatic rings. The van der Waals surface area contributed by atoms with E-state index in [0.29, 0.717) is 6.42 Å². The quantitative estimate of drug-likeness (QED) is 0.299. The lowest BCUT2D eigenvalue weighted by molar-refractivity contribution is -0.274. The van der Waals surface area contributed by atoms with Gasteiger partial charge in [0.1, 0.15) is 23.0 Å². The summed E-state index contributed by atoms with van der Waals surface area (Å²) in [5, 5.41) is 16.2. The average Bonchev–Trinajstić information content (AvgIpc) is 3.31. The zero-order chi connectivity index (χ0) is 29.3. The van der Waals surface area contributed by atoms with Crippen LogP contribution < -0.4 is 20.1 Å². The van der Waals surface area contributed by atoms with E-state index in [1.807, 2.05) is 0 Å². The third kappa shape index (κ3) is 5.98. The van der Waals surface area contributed by atoms with E-state index in [1.165, 1.54) is 48.5 Å². The van der Waals surface area contributed by atoms with E-state index < -0.39 is 32.6 Å². The molecule has 1 aliphatic carbocycles. The molecule has 41 heavy (non-hydrogen) atoms. The molecule has 5 rings (SSSR count). The van der Waals surface area contributed by atoms with E-state index in [4.69, 9.17) is 4.74 Å². The predicted molar refractivity (Wildman–Crippen MR) is 145 cm³/mol. The first kappa shape index (κ1) is 28.7. The number of ether oxygens (including phenoxy) is 2. The molecule has 1 amide bonds. The summed E-state index contributed by atoms with van der Waals surface area (Å²) in [6.45, 7) is 1.49. The Morgan fingerprint density at radius 3 is 2.05 bits per heavy atom. The second-order valence-electron chi connectivity index (χ2n) is 10.5. The van der Waals surface area contributed by atoms with Crippen LogP contribution in [0.4, 0.5) is 18.9 Å². The molecule has 0 bridgehead atoms. The van der Waals surface area contributed by atoms with E-state index in [-0.39, 0.29) is 46.1 Å². The molecule has 1 saturated heterocycles. The number of alkyl halides is 3. The maximum atomic E-state index is 14.2. The van der Waals surface area contributed by atoms with Crippen LogP contribution in [0.15, 0.2) is 77.7 Å². The van der Waals surface area contributed by atoms with Crippen LogP contribution in [0.1, 0.15) is 32.1 Å². The van der Waals surface area contributed by atoms with Gasteiger partial charge >= 0.3 is 6.36 Å². The Morgan fingerprint density at radius 2 is 1.44 bits per heavy atom. The van der Waals surface area contributed by atoms with E-state index >= 15 is 0 Å². The van der Waals surface area contributed by atoms with Crippen LogP contribution in [-0.2, 0) is 14.6 Å². The number of rotatable bonds is 7. The van der Waals surface area contributed by atoms with Crippen molar-refractivity contribution in [3.63, 3.8) is 0 Å². The van der Waals surface area contributed by atoms with Gasteiger partial charge in [0.25, 0.3) is 0 Å². The van der Waals surface area contributed by atoms with E-state index in [2.05, 4.69) is 15.4 Å². The van der Waals surface area contributed by atoms with Crippen molar-refractivity contribution in [1.82, 2.24) is 5.32 Å². The minimum atomic E-state index is -4.81. The molecule has 1 aliphatic heterocycles. The number of para-hydroxylation sites is 2. The number of hydrogen-bond acceptors (Lipinski definition) is 7. The van der Waals surface area contributed by atoms with Gasteiger partial charge < -0.3 is 25.2 Å². The van der Waals surface area contributed by atoms with Gasteiger partial charge in [-0.1, -0.05) is 12.1 Å². The second-order valence-corrected chi connectivity index (χ2v) is 12.7. The Kier molecular flexibility index (Phi) is 7.64. The molecule has 2 fully saturated rings. The van der Waals surface area contributed by atoms with Crippen LogP contribution in [0, 0.1) is 5.41 Å². The number of phenols is 1. The van der Waals surface area contributed by atoms with Gasteiger partial charge in [-0.3, -0.25) is 4.79 Å². The maximum Gasteiger partial charge on any atom is 0.573 e. The van der Waals surface area contributed by atoms with Gasteiger partial charge in [0.2, 0.25) is 5.91 Å². The van der Waals surface area contributed by atoms with Crippen molar-refractivity contribution in [3.8, 4) is 23.0 Å². The van der Waals surface area contributed by atoms with Gasteiger partial charge in [0, 0.05) is 0 Å². The third-order valence-corrected chi connectivity index (χ3v) is 10.3. The Balaban J connectivity index is 1.40. The highest BCUT2D eigenvalue weighted by Crippen LogP contribution is 2.54. The van der Waals surface area contributed by atoms with Crippen molar-refractivity contribution in [2.45, 2.75) is 48.1 Å². The molecule has 12 heteroatoms. The molecule has 1 heterocycles. The van der Waals surface area contributed by atoms with Crippen LogP contribution >= 0.6 is 0 Å². The monoisotopic (exact) mass is 590 g/mol. The number of nitrogens with one attached hydrogen (secondary N) is 2. The summed E-state index contributed by atoms with van der Waals surface area (Å²) in [6, 6.07) is 16.5. The number of amides is 1. The Hall–Kier alpha value is -3.77. The van der Waals surface area contributed by atoms with Crippen LogP contribution in [-0.4, -0.2) is 43.6 Å². The number of aromatic hydroxyl groups is 1. The maximum absolute atomic E-state index is 14.2. The standard InChI is InChI=1S/C29H29F3N2O6S/c30-29(31,32)40-22-7-5-20(6-8-22)39-21-9-11-23(12-10-21)41(37,38)28(14-13-27(19-28)15-17-33-18-16-27)26(36)34-24-3-1-2-4-25(24)35/h1-12,33,35H,13-19H2,(H,34,36). The summed E-state index contributed by atoms with van der Waals surface area (Å²) in [5.74, 6) is -0.778. The number of halogens is 3. The summed E-state index contributed by atoms with van der Waals surface area (Å²) >= 11 is 0. The topological polar surface area (TPSA) is 114 Å². The number of piperidine rings is 1. The number of carbonyl (C=O) groups is 1. The largest absolute Gasteiger partial charge is 0.573 e. The zero-order valence-corrected chi connectivity index (χ0v) is 22.7. The fourth-order valence-corrected chi connectivity index (χ4v) is 7.86. The first-order chi connectivity index (χ1) is 19.4. The molecule has 8 nitrogen and oxygen atoms in total. The minimum absolute atomic E-state index is 0.0582. The highest BCUT2D eigenvalue weighted by Gasteiger charge is 2.60. The highest BCUT2D eigenvalue weighted by molar-refractivity contribution is 7.93. The van der Waals surface area contributed by atoms with E-state index in [9.17, 15) is 31.5 Å².